The van der Waals surface area contributed by atoms with Gasteiger partial charge in [-0.15, -0.1) is 0 Å². The zero-order valence-corrected chi connectivity index (χ0v) is 10.4. The van der Waals surface area contributed by atoms with Crippen molar-refractivity contribution in [3.05, 3.63) is 0 Å². The maximum absolute atomic E-state index is 11.4. The van der Waals surface area contributed by atoms with E-state index >= 15 is 0 Å². The molecule has 2 unspecified atom stereocenters. The van der Waals surface area contributed by atoms with Crippen molar-refractivity contribution in [3.63, 3.8) is 0 Å². The number of esters is 1. The molecule has 4 N–H and O–H groups in total. The van der Waals surface area contributed by atoms with Gasteiger partial charge in [0.25, 0.3) is 0 Å². The molecule has 0 aromatic heterocycles. The summed E-state index contributed by atoms with van der Waals surface area (Å²) >= 11 is 0. The summed E-state index contributed by atoms with van der Waals surface area (Å²) in [5, 5.41) is 11.3. The largest absolute Gasteiger partial charge is 0.464 e. The van der Waals surface area contributed by atoms with Crippen LogP contribution in [-0.2, 0) is 14.3 Å². The molecule has 0 heterocycles. The Labute approximate surface area is 102 Å². The number of aliphatic hydroxyl groups is 1. The second-order valence-electron chi connectivity index (χ2n) is 3.95. The van der Waals surface area contributed by atoms with Gasteiger partial charge in [-0.25, -0.2) is 4.79 Å². The van der Waals surface area contributed by atoms with Crippen LogP contribution in [0.1, 0.15) is 26.7 Å². The lowest BCUT2D eigenvalue weighted by Gasteiger charge is -2.12. The van der Waals surface area contributed by atoms with Crippen molar-refractivity contribution in [2.45, 2.75) is 32.7 Å². The number of nitrogens with one attached hydrogen (secondary N) is 1. The molecule has 0 aromatic carbocycles. The van der Waals surface area contributed by atoms with Crippen LogP contribution in [0, 0.1) is 5.92 Å². The fourth-order valence-electron chi connectivity index (χ4n) is 1.20. The van der Waals surface area contributed by atoms with Gasteiger partial charge in [0.1, 0.15) is 0 Å². The summed E-state index contributed by atoms with van der Waals surface area (Å²) < 4.78 is 4.63. The van der Waals surface area contributed by atoms with Crippen LogP contribution in [0.4, 0.5) is 0 Å². The predicted molar refractivity (Wildman–Crippen MR) is 63.1 cm³/mol. The molecule has 0 radical (unpaired) electrons. The summed E-state index contributed by atoms with van der Waals surface area (Å²) in [6.07, 6.45) is 1.55. The van der Waals surface area contributed by atoms with Crippen molar-refractivity contribution in [2.24, 2.45) is 11.7 Å². The highest BCUT2D eigenvalue weighted by Crippen LogP contribution is 2.02. The van der Waals surface area contributed by atoms with Gasteiger partial charge in [0.15, 0.2) is 6.04 Å². The topological polar surface area (TPSA) is 102 Å². The molecule has 0 spiro atoms. The number of ether oxygens (including phenoxy) is 1. The van der Waals surface area contributed by atoms with Gasteiger partial charge in [0.2, 0.25) is 5.91 Å². The van der Waals surface area contributed by atoms with Crippen LogP contribution in [0.5, 0.6) is 0 Å². The van der Waals surface area contributed by atoms with Gasteiger partial charge >= 0.3 is 5.97 Å². The van der Waals surface area contributed by atoms with Crippen molar-refractivity contribution in [1.29, 1.82) is 0 Å². The molecule has 0 bridgehead atoms. The molecular weight excluding hydrogens is 224 g/mol. The molecular formula is C11H22N2O4. The number of aliphatic hydroxyl groups excluding tert-OH is 1. The quantitative estimate of drug-likeness (QED) is 0.301. The Hall–Kier alpha value is -1.14. The summed E-state index contributed by atoms with van der Waals surface area (Å²) in [6, 6.07) is -1.26. The maximum atomic E-state index is 11.4. The minimum atomic E-state index is -1.26. The summed E-state index contributed by atoms with van der Waals surface area (Å²) in [6.45, 7) is 4.35. The number of rotatable bonds is 8. The predicted octanol–water partition coefficient (Wildman–Crippen LogP) is -0.598. The van der Waals surface area contributed by atoms with Crippen LogP contribution < -0.4 is 11.1 Å². The van der Waals surface area contributed by atoms with Gasteiger partial charge in [0.05, 0.1) is 6.61 Å². The smallest absolute Gasteiger partial charge is 0.332 e. The van der Waals surface area contributed by atoms with Crippen LogP contribution in [0.15, 0.2) is 0 Å². The monoisotopic (exact) mass is 246 g/mol. The van der Waals surface area contributed by atoms with Crippen molar-refractivity contribution in [2.75, 3.05) is 19.8 Å². The van der Waals surface area contributed by atoms with Crippen molar-refractivity contribution in [3.8, 4) is 0 Å². The van der Waals surface area contributed by atoms with Crippen LogP contribution in [-0.4, -0.2) is 42.8 Å². The highest BCUT2D eigenvalue weighted by molar-refractivity contribution is 6.01. The zero-order valence-electron chi connectivity index (χ0n) is 10.4. The lowest BCUT2D eigenvalue weighted by molar-refractivity contribution is -0.147. The third kappa shape index (κ3) is 6.91. The lowest BCUT2D eigenvalue weighted by atomic mass is 10.1. The first-order valence-electron chi connectivity index (χ1n) is 5.83. The number of carbonyl (C=O) groups is 2. The maximum Gasteiger partial charge on any atom is 0.332 e. The van der Waals surface area contributed by atoms with Gasteiger partial charge in [-0.2, -0.15) is 0 Å². The Morgan fingerprint density at radius 2 is 2.12 bits per heavy atom. The SMILES string of the molecule is CCOC(=O)C(N)C(=O)NCCCC(C)CO. The fraction of sp³-hybridized carbons (Fsp3) is 0.818. The molecule has 0 aromatic rings. The minimum absolute atomic E-state index is 0.135. The van der Waals surface area contributed by atoms with Crippen molar-refractivity contribution >= 4 is 11.9 Å². The van der Waals surface area contributed by atoms with Crippen LogP contribution in [0.25, 0.3) is 0 Å². The average molecular weight is 246 g/mol. The molecule has 100 valence electrons. The first kappa shape index (κ1) is 15.9. The Bertz CT molecular complexity index is 246. The molecule has 0 aliphatic carbocycles. The summed E-state index contributed by atoms with van der Waals surface area (Å²) in [5.74, 6) is -1.03. The normalized spacial score (nSPS) is 13.9. The van der Waals surface area contributed by atoms with E-state index in [1.807, 2.05) is 6.92 Å². The zero-order chi connectivity index (χ0) is 13.3. The van der Waals surface area contributed by atoms with E-state index in [2.05, 4.69) is 10.1 Å². The van der Waals surface area contributed by atoms with E-state index in [9.17, 15) is 9.59 Å². The highest BCUT2D eigenvalue weighted by Gasteiger charge is 2.22. The van der Waals surface area contributed by atoms with Crippen LogP contribution in [0.2, 0.25) is 0 Å². The number of hydrogen-bond donors (Lipinski definition) is 3. The third-order valence-electron chi connectivity index (χ3n) is 2.31. The Morgan fingerprint density at radius 3 is 2.65 bits per heavy atom. The molecule has 0 fully saturated rings. The molecule has 0 saturated heterocycles. The molecule has 6 heteroatoms. The Kier molecular flexibility index (Phi) is 8.35. The standard InChI is InChI=1S/C11H22N2O4/c1-3-17-11(16)9(12)10(15)13-6-4-5-8(2)7-14/h8-9,14H,3-7,12H2,1-2H3,(H,13,15). The van der Waals surface area contributed by atoms with E-state index in [-0.39, 0.29) is 19.1 Å². The van der Waals surface area contributed by atoms with Crippen molar-refractivity contribution < 1.29 is 19.4 Å². The van der Waals surface area contributed by atoms with Crippen LogP contribution >= 0.6 is 0 Å². The van der Waals surface area contributed by atoms with E-state index in [0.29, 0.717) is 6.54 Å². The number of nitrogens with two attached hydrogens (primary N) is 1. The molecule has 17 heavy (non-hydrogen) atoms. The first-order valence-corrected chi connectivity index (χ1v) is 5.83. The lowest BCUT2D eigenvalue weighted by Crippen LogP contribution is -2.47. The fourth-order valence-corrected chi connectivity index (χ4v) is 1.20. The van der Waals surface area contributed by atoms with E-state index in [4.69, 9.17) is 10.8 Å². The van der Waals surface area contributed by atoms with E-state index < -0.39 is 17.9 Å². The van der Waals surface area contributed by atoms with Gasteiger partial charge in [-0.1, -0.05) is 6.92 Å². The second-order valence-corrected chi connectivity index (χ2v) is 3.95. The second kappa shape index (κ2) is 8.95. The number of carbonyl (C=O) groups excluding carboxylic acids is 2. The molecule has 0 aliphatic heterocycles. The summed E-state index contributed by atoms with van der Waals surface area (Å²) in [5.41, 5.74) is 5.39. The average Bonchev–Trinajstić information content (AvgIpc) is 2.33. The summed E-state index contributed by atoms with van der Waals surface area (Å²) in [4.78, 5) is 22.5. The molecule has 0 rings (SSSR count). The van der Waals surface area contributed by atoms with E-state index in [1.165, 1.54) is 0 Å². The van der Waals surface area contributed by atoms with Gasteiger partial charge in [-0.3, -0.25) is 4.79 Å². The first-order chi connectivity index (χ1) is 8.02. The Morgan fingerprint density at radius 1 is 1.47 bits per heavy atom. The van der Waals surface area contributed by atoms with E-state index in [0.717, 1.165) is 12.8 Å². The number of hydrogen-bond acceptors (Lipinski definition) is 5. The number of amides is 1. The van der Waals surface area contributed by atoms with Gasteiger partial charge < -0.3 is 20.9 Å². The van der Waals surface area contributed by atoms with Gasteiger partial charge in [0, 0.05) is 13.2 Å². The minimum Gasteiger partial charge on any atom is -0.464 e. The molecule has 6 nitrogen and oxygen atoms in total. The van der Waals surface area contributed by atoms with Crippen LogP contribution in [0.3, 0.4) is 0 Å². The Balaban J connectivity index is 3.75. The molecule has 1 amide bonds. The molecule has 0 saturated carbocycles. The summed E-state index contributed by atoms with van der Waals surface area (Å²) in [7, 11) is 0. The third-order valence-corrected chi connectivity index (χ3v) is 2.31. The highest BCUT2D eigenvalue weighted by atomic mass is 16.5. The van der Waals surface area contributed by atoms with Crippen molar-refractivity contribution in [1.82, 2.24) is 5.32 Å². The van der Waals surface area contributed by atoms with E-state index in [1.54, 1.807) is 6.92 Å². The van der Waals surface area contributed by atoms with Gasteiger partial charge in [-0.05, 0) is 25.7 Å². The molecule has 0 aliphatic rings. The molecule has 2 atom stereocenters.